The van der Waals surface area contributed by atoms with Crippen molar-refractivity contribution in [3.8, 4) is 0 Å². The molecule has 4 amide bonds. The van der Waals surface area contributed by atoms with E-state index in [-0.39, 0.29) is 71.6 Å². The van der Waals surface area contributed by atoms with Crippen molar-refractivity contribution in [2.24, 2.45) is 16.8 Å². The van der Waals surface area contributed by atoms with Crippen LogP contribution in [-0.2, 0) is 19.1 Å². The van der Waals surface area contributed by atoms with E-state index in [1.54, 1.807) is 44.9 Å². The Kier molecular flexibility index (Phi) is 16.4. The number of H-pyrrole nitrogens is 1. The van der Waals surface area contributed by atoms with Crippen LogP contribution in [0.15, 0.2) is 41.4 Å². The molecule has 5 heterocycles. The topological polar surface area (TPSA) is 177 Å². The first-order valence-electron chi connectivity index (χ1n) is 25.6. The van der Waals surface area contributed by atoms with E-state index in [2.05, 4.69) is 25.9 Å². The number of ether oxygens (including phenoxy) is 2. The van der Waals surface area contributed by atoms with Gasteiger partial charge in [0.05, 0.1) is 54.8 Å². The zero-order valence-corrected chi connectivity index (χ0v) is 42.7. The number of nitrogens with one attached hydrogen (secondary N) is 4. The molecule has 16 nitrogen and oxygen atoms in total. The summed E-state index contributed by atoms with van der Waals surface area (Å²) in [6, 6.07) is 4.32. The number of likely N-dealkylation sites (tertiary alicyclic amines) is 2. The summed E-state index contributed by atoms with van der Waals surface area (Å²) in [7, 11) is 2.47. The second kappa shape index (κ2) is 22.7. The molecule has 0 spiro atoms. The summed E-state index contributed by atoms with van der Waals surface area (Å²) in [6.07, 6.45) is 5.91. The molecule has 4 fully saturated rings. The maximum atomic E-state index is 17.0. The van der Waals surface area contributed by atoms with E-state index in [1.165, 1.54) is 38.5 Å². The van der Waals surface area contributed by atoms with Gasteiger partial charge in [-0.1, -0.05) is 27.7 Å². The molecule has 4 saturated heterocycles. The van der Waals surface area contributed by atoms with Gasteiger partial charge in [0.2, 0.25) is 11.8 Å². The van der Waals surface area contributed by atoms with Crippen molar-refractivity contribution in [2.75, 3.05) is 62.1 Å². The summed E-state index contributed by atoms with van der Waals surface area (Å²) in [6.45, 7) is 11.2. The fraction of sp³-hybridized carbons (Fsp3) is 0.547. The van der Waals surface area contributed by atoms with E-state index < -0.39 is 65.7 Å². The SMILES string of the molecule is CC=Nc1cc(C2CCC(c3cc4[nH]c(C5CCCN5C(=O)C(NC(=O)OC)C(C)C)nc4cc3F)N2c2cc(F)c(N3CCCCC3)c(F)c2)c(F)cc1NCC1CCCN1C(=O)C(NC(=O)OC)C(C)C. The molecule has 0 saturated carbocycles. The molecule has 4 N–H and O–H groups in total. The van der Waals surface area contributed by atoms with E-state index in [0.717, 1.165) is 25.7 Å². The number of imidazole rings is 1. The Labute approximate surface area is 423 Å². The molecule has 8 rings (SSSR count). The van der Waals surface area contributed by atoms with Gasteiger partial charge < -0.3 is 50.0 Å². The molecule has 0 bridgehead atoms. The zero-order chi connectivity index (χ0) is 52.2. The Morgan fingerprint density at radius 3 is 1.89 bits per heavy atom. The van der Waals surface area contributed by atoms with Gasteiger partial charge in [-0.05, 0) is 107 Å². The Morgan fingerprint density at radius 2 is 1.29 bits per heavy atom. The predicted molar refractivity (Wildman–Crippen MR) is 271 cm³/mol. The summed E-state index contributed by atoms with van der Waals surface area (Å²) < 4.78 is 76.3. The lowest BCUT2D eigenvalue weighted by Gasteiger charge is -2.35. The second-order valence-corrected chi connectivity index (χ2v) is 20.2. The number of fused-ring (bicyclic) bond motifs is 1. The number of piperidine rings is 1. The van der Waals surface area contributed by atoms with Crippen LogP contribution >= 0.6 is 0 Å². The largest absolute Gasteiger partial charge is 0.453 e. The summed E-state index contributed by atoms with van der Waals surface area (Å²) in [5.74, 6) is -3.34. The van der Waals surface area contributed by atoms with Crippen molar-refractivity contribution in [2.45, 2.75) is 129 Å². The van der Waals surface area contributed by atoms with Crippen molar-refractivity contribution >= 4 is 64.0 Å². The highest BCUT2D eigenvalue weighted by atomic mass is 19.1. The van der Waals surface area contributed by atoms with Crippen molar-refractivity contribution in [1.82, 2.24) is 30.4 Å². The Balaban J connectivity index is 1.13. The van der Waals surface area contributed by atoms with E-state index in [9.17, 15) is 19.2 Å². The average molecular weight is 1020 g/mol. The number of aromatic amines is 1. The number of amides is 4. The molecule has 1 aromatic heterocycles. The average Bonchev–Trinajstić information content (AvgIpc) is 4.21. The Bertz CT molecular complexity index is 2690. The number of hydrogen-bond acceptors (Lipinski definition) is 11. The summed E-state index contributed by atoms with van der Waals surface area (Å²) in [4.78, 5) is 71.5. The van der Waals surface area contributed by atoms with Crippen molar-refractivity contribution in [3.05, 3.63) is 76.6 Å². The molecule has 394 valence electrons. The maximum Gasteiger partial charge on any atom is 0.407 e. The molecule has 3 aromatic carbocycles. The number of methoxy groups -OCH3 is 2. The lowest BCUT2D eigenvalue weighted by molar-refractivity contribution is -0.136. The lowest BCUT2D eigenvalue weighted by Crippen LogP contribution is -2.53. The van der Waals surface area contributed by atoms with Gasteiger partial charge in [-0.25, -0.2) is 32.1 Å². The number of halogens is 4. The van der Waals surface area contributed by atoms with E-state index in [0.29, 0.717) is 73.7 Å². The van der Waals surface area contributed by atoms with Crippen molar-refractivity contribution < 1.29 is 46.2 Å². The number of hydrogen-bond donors (Lipinski definition) is 4. The second-order valence-electron chi connectivity index (χ2n) is 20.2. The fourth-order valence-corrected chi connectivity index (χ4v) is 11.2. The third-order valence-corrected chi connectivity index (χ3v) is 14.9. The number of aliphatic imine (C=N–C) groups is 1. The van der Waals surface area contributed by atoms with Crippen LogP contribution in [0.2, 0.25) is 0 Å². The third kappa shape index (κ3) is 11.0. The Morgan fingerprint density at radius 1 is 0.712 bits per heavy atom. The quantitative estimate of drug-likeness (QED) is 0.0663. The minimum Gasteiger partial charge on any atom is -0.453 e. The monoisotopic (exact) mass is 1020 g/mol. The van der Waals surface area contributed by atoms with Gasteiger partial charge >= 0.3 is 12.2 Å². The number of rotatable bonds is 15. The zero-order valence-electron chi connectivity index (χ0n) is 42.7. The first-order chi connectivity index (χ1) is 35.0. The smallest absolute Gasteiger partial charge is 0.407 e. The summed E-state index contributed by atoms with van der Waals surface area (Å²) >= 11 is 0. The number of aromatic nitrogens is 2. The molecule has 6 unspecified atom stereocenters. The van der Waals surface area contributed by atoms with E-state index >= 15 is 17.6 Å². The van der Waals surface area contributed by atoms with Gasteiger partial charge in [0.15, 0.2) is 11.6 Å². The third-order valence-electron chi connectivity index (χ3n) is 14.9. The highest BCUT2D eigenvalue weighted by Gasteiger charge is 2.42. The summed E-state index contributed by atoms with van der Waals surface area (Å²) in [5.41, 5.74) is 1.92. The van der Waals surface area contributed by atoms with Crippen molar-refractivity contribution in [1.29, 1.82) is 0 Å². The fourth-order valence-electron chi connectivity index (χ4n) is 11.2. The molecule has 4 aromatic rings. The van der Waals surface area contributed by atoms with Gasteiger partial charge in [-0.2, -0.15) is 0 Å². The number of nitrogens with zero attached hydrogens (tertiary/aromatic N) is 6. The molecule has 4 aliphatic rings. The number of anilines is 3. The molecule has 73 heavy (non-hydrogen) atoms. The normalized spacial score (nSPS) is 21.2. The first-order valence-corrected chi connectivity index (χ1v) is 25.6. The van der Waals surface area contributed by atoms with Crippen LogP contribution in [0.25, 0.3) is 11.0 Å². The van der Waals surface area contributed by atoms with Crippen LogP contribution in [0.1, 0.15) is 127 Å². The van der Waals surface area contributed by atoms with Gasteiger partial charge in [-0.3, -0.25) is 14.6 Å². The lowest BCUT2D eigenvalue weighted by atomic mass is 10.0. The standard InChI is InChI=1S/C53H68F4N10O6/c1-8-58-39-24-33(35(54)26-40(39)59-28-31-14-12-20-65(31)50(68)46(29(2)3)62-52(70)72-6)43-16-17-44(67(43)32-22-37(56)48(38(57)23-32)64-18-10-9-11-19-64)34-25-41-42(27-36(34)55)61-49(60-41)45-15-13-21-66(45)51(69)47(30(4)5)63-53(71)73-7/h8,22-27,29-31,43-47,59H,9-21,28H2,1-7H3,(H,60,61)(H,62,70)(H,63,71). The van der Waals surface area contributed by atoms with Crippen LogP contribution in [0, 0.1) is 35.1 Å². The molecule has 4 aliphatic heterocycles. The molecule has 0 radical (unpaired) electrons. The number of alkyl carbamates (subject to hydrolysis) is 2. The van der Waals surface area contributed by atoms with Crippen LogP contribution in [0.5, 0.6) is 0 Å². The van der Waals surface area contributed by atoms with E-state index in [1.807, 2.05) is 27.7 Å². The minimum atomic E-state index is -0.851. The molecule has 6 atom stereocenters. The van der Waals surface area contributed by atoms with Crippen molar-refractivity contribution in [3.63, 3.8) is 0 Å². The molecule has 0 aliphatic carbocycles. The summed E-state index contributed by atoms with van der Waals surface area (Å²) in [5, 5.41) is 8.64. The number of carbonyl (C=O) groups is 4. The highest BCUT2D eigenvalue weighted by molar-refractivity contribution is 5.87. The maximum absolute atomic E-state index is 17.0. The predicted octanol–water partition coefficient (Wildman–Crippen LogP) is 9.74. The van der Waals surface area contributed by atoms with Crippen LogP contribution < -0.4 is 25.8 Å². The van der Waals surface area contributed by atoms with Crippen LogP contribution in [0.4, 0.5) is 49.9 Å². The number of benzene rings is 3. The Hall–Kier alpha value is -6.60. The minimum absolute atomic E-state index is 0.114. The van der Waals surface area contributed by atoms with E-state index in [4.69, 9.17) is 14.5 Å². The molecule has 20 heteroatoms. The highest BCUT2D eigenvalue weighted by Crippen LogP contribution is 2.50. The van der Waals surface area contributed by atoms with Gasteiger partial charge in [-0.15, -0.1) is 0 Å². The number of carbonyl (C=O) groups excluding carboxylic acids is 4. The molecular weight excluding hydrogens is 949 g/mol. The van der Waals surface area contributed by atoms with Gasteiger partial charge in [0.1, 0.15) is 35.2 Å². The molecular formula is C53H68F4N10O6. The van der Waals surface area contributed by atoms with Gasteiger partial charge in [0, 0.05) is 67.9 Å². The van der Waals surface area contributed by atoms with Crippen LogP contribution in [0.3, 0.4) is 0 Å². The first kappa shape index (κ1) is 52.7. The van der Waals surface area contributed by atoms with Gasteiger partial charge in [0.25, 0.3) is 0 Å². The van der Waals surface area contributed by atoms with Crippen LogP contribution in [-0.4, -0.2) is 115 Å².